The maximum Gasteiger partial charge on any atom is 0.356 e. The highest BCUT2D eigenvalue weighted by atomic mass is 16.5. The van der Waals surface area contributed by atoms with Gasteiger partial charge < -0.3 is 4.74 Å². The van der Waals surface area contributed by atoms with E-state index >= 15 is 0 Å². The van der Waals surface area contributed by atoms with Crippen LogP contribution in [0.1, 0.15) is 21.6 Å². The van der Waals surface area contributed by atoms with Crippen LogP contribution in [0.5, 0.6) is 0 Å². The third kappa shape index (κ3) is 3.44. The molecule has 0 saturated heterocycles. The van der Waals surface area contributed by atoms with E-state index in [1.807, 2.05) is 36.4 Å². The minimum Gasteiger partial charge on any atom is -0.464 e. The van der Waals surface area contributed by atoms with Crippen molar-refractivity contribution in [1.82, 2.24) is 14.1 Å². The second-order valence-electron chi connectivity index (χ2n) is 6.08. The Morgan fingerprint density at radius 2 is 1.85 bits per heavy atom. The lowest BCUT2D eigenvalue weighted by Crippen LogP contribution is -2.37. The van der Waals surface area contributed by atoms with Gasteiger partial charge in [-0.3, -0.25) is 13.9 Å². The van der Waals surface area contributed by atoms with Crippen molar-refractivity contribution >= 4 is 23.1 Å². The molecule has 2 aromatic heterocycles. The number of aromatic nitrogens is 3. The van der Waals surface area contributed by atoms with Crippen LogP contribution >= 0.6 is 0 Å². The molecule has 0 aliphatic heterocycles. The zero-order valence-corrected chi connectivity index (χ0v) is 15.3. The molecular formula is C20H19N3O4. The largest absolute Gasteiger partial charge is 0.464 e. The summed E-state index contributed by atoms with van der Waals surface area (Å²) in [6.07, 6.45) is 4.31. The van der Waals surface area contributed by atoms with E-state index in [-0.39, 0.29) is 16.7 Å². The van der Waals surface area contributed by atoms with Crippen molar-refractivity contribution in [3.8, 4) is 0 Å². The summed E-state index contributed by atoms with van der Waals surface area (Å²) in [5.74, 6) is -0.636. The van der Waals surface area contributed by atoms with Gasteiger partial charge in [0.2, 0.25) is 0 Å². The van der Waals surface area contributed by atoms with Crippen LogP contribution < -0.4 is 11.2 Å². The summed E-state index contributed by atoms with van der Waals surface area (Å²) in [7, 11) is 4.17. The standard InChI is InChI=1S/C20H19N3O4/c1-22-17-16(18(24)23(2)20(22)26)14(12-15(21-17)19(25)27-3)11-7-10-13-8-5-4-6-9-13/h4-9,11-12H,10H2,1-3H3. The van der Waals surface area contributed by atoms with Crippen molar-refractivity contribution in [2.45, 2.75) is 6.42 Å². The first-order valence-corrected chi connectivity index (χ1v) is 8.33. The fourth-order valence-corrected chi connectivity index (χ4v) is 2.86. The number of aryl methyl sites for hydroxylation is 1. The number of carbonyl (C=O) groups excluding carboxylic acids is 1. The lowest BCUT2D eigenvalue weighted by atomic mass is 10.1. The third-order valence-electron chi connectivity index (χ3n) is 4.33. The molecule has 2 heterocycles. The fourth-order valence-electron chi connectivity index (χ4n) is 2.86. The van der Waals surface area contributed by atoms with Crippen molar-refractivity contribution in [3.63, 3.8) is 0 Å². The number of carbonyl (C=O) groups is 1. The van der Waals surface area contributed by atoms with Crippen LogP contribution in [0.15, 0.2) is 52.1 Å². The molecule has 3 rings (SSSR count). The van der Waals surface area contributed by atoms with E-state index in [1.54, 1.807) is 6.08 Å². The second kappa shape index (κ2) is 7.41. The average molecular weight is 365 g/mol. The minimum atomic E-state index is -0.636. The van der Waals surface area contributed by atoms with Gasteiger partial charge in [-0.2, -0.15) is 0 Å². The number of benzene rings is 1. The van der Waals surface area contributed by atoms with Gasteiger partial charge in [-0.25, -0.2) is 14.6 Å². The monoisotopic (exact) mass is 365 g/mol. The van der Waals surface area contributed by atoms with E-state index in [0.717, 1.165) is 10.1 Å². The molecule has 0 saturated carbocycles. The van der Waals surface area contributed by atoms with Gasteiger partial charge in [-0.15, -0.1) is 0 Å². The number of pyridine rings is 1. The van der Waals surface area contributed by atoms with Gasteiger partial charge in [-0.1, -0.05) is 42.5 Å². The molecule has 0 aliphatic carbocycles. The van der Waals surface area contributed by atoms with Gasteiger partial charge in [0.05, 0.1) is 12.5 Å². The van der Waals surface area contributed by atoms with Crippen LogP contribution in [-0.4, -0.2) is 27.2 Å². The van der Waals surface area contributed by atoms with Crippen molar-refractivity contribution in [3.05, 3.63) is 80.1 Å². The van der Waals surface area contributed by atoms with Gasteiger partial charge in [-0.05, 0) is 23.6 Å². The van der Waals surface area contributed by atoms with Crippen molar-refractivity contribution in [2.24, 2.45) is 14.1 Å². The van der Waals surface area contributed by atoms with Gasteiger partial charge >= 0.3 is 11.7 Å². The number of ether oxygens (including phenoxy) is 1. The molecule has 7 nitrogen and oxygen atoms in total. The van der Waals surface area contributed by atoms with E-state index in [1.165, 1.54) is 31.8 Å². The van der Waals surface area contributed by atoms with E-state index < -0.39 is 17.2 Å². The van der Waals surface area contributed by atoms with Gasteiger partial charge in [0.25, 0.3) is 5.56 Å². The predicted octanol–water partition coefficient (Wildman–Crippen LogP) is 1.67. The first-order chi connectivity index (χ1) is 12.9. The zero-order chi connectivity index (χ0) is 19.6. The summed E-state index contributed by atoms with van der Waals surface area (Å²) < 4.78 is 7.01. The van der Waals surface area contributed by atoms with Crippen LogP contribution in [0, 0.1) is 0 Å². The first-order valence-electron chi connectivity index (χ1n) is 8.33. The van der Waals surface area contributed by atoms with Crippen LogP contribution in [-0.2, 0) is 25.3 Å². The Kier molecular flexibility index (Phi) is 5.03. The van der Waals surface area contributed by atoms with Crippen LogP contribution in [0.4, 0.5) is 0 Å². The van der Waals surface area contributed by atoms with Gasteiger partial charge in [0.15, 0.2) is 11.3 Å². The van der Waals surface area contributed by atoms with Crippen molar-refractivity contribution < 1.29 is 9.53 Å². The van der Waals surface area contributed by atoms with E-state index in [0.29, 0.717) is 12.0 Å². The van der Waals surface area contributed by atoms with Crippen molar-refractivity contribution in [2.75, 3.05) is 7.11 Å². The molecule has 0 fully saturated rings. The third-order valence-corrected chi connectivity index (χ3v) is 4.33. The molecule has 0 spiro atoms. The Morgan fingerprint density at radius 3 is 2.52 bits per heavy atom. The number of hydrogen-bond acceptors (Lipinski definition) is 5. The van der Waals surface area contributed by atoms with Gasteiger partial charge in [0.1, 0.15) is 0 Å². The van der Waals surface area contributed by atoms with Crippen LogP contribution in [0.2, 0.25) is 0 Å². The SMILES string of the molecule is COC(=O)c1cc(C=CCc2ccccc2)c2c(=O)n(C)c(=O)n(C)c2n1. The smallest absolute Gasteiger partial charge is 0.356 e. The summed E-state index contributed by atoms with van der Waals surface area (Å²) in [6, 6.07) is 11.3. The normalized spacial score (nSPS) is 11.2. The molecule has 3 aromatic rings. The Bertz CT molecular complexity index is 1160. The topological polar surface area (TPSA) is 83.2 Å². The number of rotatable bonds is 4. The summed E-state index contributed by atoms with van der Waals surface area (Å²) in [5, 5.41) is 0.275. The van der Waals surface area contributed by atoms with Crippen LogP contribution in [0.25, 0.3) is 17.1 Å². The summed E-state index contributed by atoms with van der Waals surface area (Å²) in [4.78, 5) is 41.0. The Hall–Kier alpha value is -3.48. The molecule has 0 unspecified atom stereocenters. The maximum absolute atomic E-state index is 12.7. The lowest BCUT2D eigenvalue weighted by molar-refractivity contribution is 0.0594. The molecule has 138 valence electrons. The Labute approximate surface area is 155 Å². The second-order valence-corrected chi connectivity index (χ2v) is 6.08. The molecule has 0 bridgehead atoms. The number of esters is 1. The number of allylic oxidation sites excluding steroid dienone is 1. The average Bonchev–Trinajstić information content (AvgIpc) is 2.70. The number of methoxy groups -OCH3 is 1. The molecule has 7 heteroatoms. The quantitative estimate of drug-likeness (QED) is 0.657. The molecule has 0 N–H and O–H groups in total. The highest BCUT2D eigenvalue weighted by molar-refractivity contribution is 5.93. The molecule has 0 atom stereocenters. The predicted molar refractivity (Wildman–Crippen MR) is 103 cm³/mol. The molecule has 1 aromatic carbocycles. The number of nitrogens with zero attached hydrogens (tertiary/aromatic N) is 3. The van der Waals surface area contributed by atoms with Gasteiger partial charge in [0, 0.05) is 14.1 Å². The first kappa shape index (κ1) is 18.3. The summed E-state index contributed by atoms with van der Waals surface area (Å²) in [5.41, 5.74) is 0.823. The highest BCUT2D eigenvalue weighted by Gasteiger charge is 2.17. The lowest BCUT2D eigenvalue weighted by Gasteiger charge is -2.10. The molecule has 0 amide bonds. The van der Waals surface area contributed by atoms with Crippen LogP contribution in [0.3, 0.4) is 0 Å². The summed E-state index contributed by atoms with van der Waals surface area (Å²) in [6.45, 7) is 0. The summed E-state index contributed by atoms with van der Waals surface area (Å²) >= 11 is 0. The van der Waals surface area contributed by atoms with E-state index in [4.69, 9.17) is 4.74 Å². The number of hydrogen-bond donors (Lipinski definition) is 0. The molecule has 0 radical (unpaired) electrons. The Morgan fingerprint density at radius 1 is 1.15 bits per heavy atom. The highest BCUT2D eigenvalue weighted by Crippen LogP contribution is 2.17. The van der Waals surface area contributed by atoms with E-state index in [9.17, 15) is 14.4 Å². The maximum atomic E-state index is 12.7. The Balaban J connectivity index is 2.21. The molecular weight excluding hydrogens is 346 g/mol. The number of fused-ring (bicyclic) bond motifs is 1. The van der Waals surface area contributed by atoms with E-state index in [2.05, 4.69) is 4.98 Å². The van der Waals surface area contributed by atoms with Crippen molar-refractivity contribution in [1.29, 1.82) is 0 Å². The zero-order valence-electron chi connectivity index (χ0n) is 15.3. The molecule has 0 aliphatic rings. The minimum absolute atomic E-state index is 0.0348. The fraction of sp³-hybridized carbons (Fsp3) is 0.200. The molecule has 27 heavy (non-hydrogen) atoms.